The van der Waals surface area contributed by atoms with E-state index >= 15 is 0 Å². The highest BCUT2D eigenvalue weighted by molar-refractivity contribution is 6.31. The van der Waals surface area contributed by atoms with E-state index in [1.54, 1.807) is 19.2 Å². The molecule has 0 unspecified atom stereocenters. The Bertz CT molecular complexity index is 522. The van der Waals surface area contributed by atoms with E-state index in [9.17, 15) is 4.39 Å². The van der Waals surface area contributed by atoms with E-state index in [0.29, 0.717) is 22.5 Å². The van der Waals surface area contributed by atoms with Crippen molar-refractivity contribution in [3.8, 4) is 0 Å². The van der Waals surface area contributed by atoms with Crippen molar-refractivity contribution in [2.45, 2.75) is 25.8 Å². The van der Waals surface area contributed by atoms with Gasteiger partial charge in [-0.2, -0.15) is 0 Å². The summed E-state index contributed by atoms with van der Waals surface area (Å²) in [5.41, 5.74) is 1.00. The lowest BCUT2D eigenvalue weighted by Gasteiger charge is -2.40. The van der Waals surface area contributed by atoms with Crippen LogP contribution in [0.15, 0.2) is 18.2 Å². The molecule has 0 radical (unpaired) electrons. The highest BCUT2D eigenvalue weighted by atomic mass is 35.5. The zero-order valence-electron chi connectivity index (χ0n) is 13.9. The number of hydrogen-bond acceptors (Lipinski definition) is 3. The lowest BCUT2D eigenvalue weighted by Crippen LogP contribution is -2.45. The van der Waals surface area contributed by atoms with E-state index in [0.717, 1.165) is 32.8 Å². The van der Waals surface area contributed by atoms with Crippen LogP contribution in [0, 0.1) is 11.2 Å². The Labute approximate surface area is 143 Å². The molecular formula is C18H26ClFN2O. The van der Waals surface area contributed by atoms with Gasteiger partial charge in [-0.1, -0.05) is 17.7 Å². The van der Waals surface area contributed by atoms with E-state index in [-0.39, 0.29) is 5.82 Å². The predicted octanol–water partition coefficient (Wildman–Crippen LogP) is 3.41. The van der Waals surface area contributed by atoms with E-state index in [4.69, 9.17) is 16.3 Å². The highest BCUT2D eigenvalue weighted by Gasteiger charge is 2.41. The van der Waals surface area contributed by atoms with Crippen molar-refractivity contribution in [1.29, 1.82) is 0 Å². The summed E-state index contributed by atoms with van der Waals surface area (Å²) in [6.07, 6.45) is 3.72. The Hall–Kier alpha value is -0.680. The zero-order valence-corrected chi connectivity index (χ0v) is 14.6. The third-order valence-electron chi connectivity index (χ3n) is 5.31. The first kappa shape index (κ1) is 17.2. The van der Waals surface area contributed by atoms with Gasteiger partial charge in [0.1, 0.15) is 5.82 Å². The average Bonchev–Trinajstić information content (AvgIpc) is 2.91. The van der Waals surface area contributed by atoms with Gasteiger partial charge >= 0.3 is 0 Å². The summed E-state index contributed by atoms with van der Waals surface area (Å²) in [4.78, 5) is 4.89. The summed E-state index contributed by atoms with van der Waals surface area (Å²) >= 11 is 6.18. The summed E-state index contributed by atoms with van der Waals surface area (Å²) in [7, 11) is 1.76. The number of nitrogens with zero attached hydrogens (tertiary/aromatic N) is 2. The third kappa shape index (κ3) is 4.05. The van der Waals surface area contributed by atoms with Gasteiger partial charge in [-0.05, 0) is 49.9 Å². The van der Waals surface area contributed by atoms with Gasteiger partial charge in [0, 0.05) is 43.9 Å². The maximum Gasteiger partial charge on any atom is 0.129 e. The molecule has 2 heterocycles. The maximum absolute atomic E-state index is 14.0. The normalized spacial score (nSPS) is 26.2. The molecule has 2 fully saturated rings. The van der Waals surface area contributed by atoms with Crippen LogP contribution >= 0.6 is 11.6 Å². The molecule has 3 nitrogen and oxygen atoms in total. The molecule has 2 aliphatic heterocycles. The molecule has 23 heavy (non-hydrogen) atoms. The van der Waals surface area contributed by atoms with Gasteiger partial charge in [0.05, 0.1) is 6.61 Å². The molecule has 1 atom stereocenters. The van der Waals surface area contributed by atoms with Gasteiger partial charge < -0.3 is 9.64 Å². The van der Waals surface area contributed by atoms with Crippen molar-refractivity contribution in [3.05, 3.63) is 34.6 Å². The molecule has 5 heteroatoms. The topological polar surface area (TPSA) is 15.7 Å². The number of methoxy groups -OCH3 is 1. The Morgan fingerprint density at radius 3 is 2.83 bits per heavy atom. The number of ether oxygens (including phenoxy) is 1. The Morgan fingerprint density at radius 2 is 2.04 bits per heavy atom. The van der Waals surface area contributed by atoms with Crippen LogP contribution in [0.3, 0.4) is 0 Å². The van der Waals surface area contributed by atoms with Crippen LogP contribution in [0.5, 0.6) is 0 Å². The molecule has 3 rings (SSSR count). The summed E-state index contributed by atoms with van der Waals surface area (Å²) < 4.78 is 19.2. The fourth-order valence-electron chi connectivity index (χ4n) is 4.12. The standard InChI is InChI=1S/C18H26ClFN2O/c1-23-11-10-21-8-3-6-18(13-21)7-9-22(14-18)12-15-16(19)4-2-5-17(15)20/h2,4-5H,3,6-14H2,1H3/t18-/m0/s1. The van der Waals surface area contributed by atoms with Gasteiger partial charge in [0.15, 0.2) is 0 Å². The second kappa shape index (κ2) is 7.47. The third-order valence-corrected chi connectivity index (χ3v) is 5.67. The lowest BCUT2D eigenvalue weighted by atomic mass is 9.79. The molecular weight excluding hydrogens is 315 g/mol. The van der Waals surface area contributed by atoms with Crippen LogP contribution in [-0.4, -0.2) is 56.2 Å². The molecule has 2 aliphatic rings. The molecule has 0 aromatic heterocycles. The van der Waals surface area contributed by atoms with Crippen LogP contribution in [0.4, 0.5) is 4.39 Å². The van der Waals surface area contributed by atoms with Gasteiger partial charge in [-0.3, -0.25) is 4.90 Å². The van der Waals surface area contributed by atoms with Crippen LogP contribution in [-0.2, 0) is 11.3 Å². The average molecular weight is 341 g/mol. The fourth-order valence-corrected chi connectivity index (χ4v) is 4.35. The molecule has 0 aliphatic carbocycles. The SMILES string of the molecule is COCCN1CCC[C@]2(CCN(Cc3c(F)cccc3Cl)C2)C1. The van der Waals surface area contributed by atoms with Crippen LogP contribution < -0.4 is 0 Å². The Morgan fingerprint density at radius 1 is 1.22 bits per heavy atom. The molecule has 1 aromatic rings. The number of hydrogen-bond donors (Lipinski definition) is 0. The Balaban J connectivity index is 1.61. The minimum absolute atomic E-state index is 0.191. The van der Waals surface area contributed by atoms with Crippen LogP contribution in [0.25, 0.3) is 0 Å². The molecule has 0 bridgehead atoms. The van der Waals surface area contributed by atoms with Crippen LogP contribution in [0.2, 0.25) is 5.02 Å². The number of likely N-dealkylation sites (tertiary alicyclic amines) is 2. The summed E-state index contributed by atoms with van der Waals surface area (Å²) in [6.45, 7) is 6.80. The largest absolute Gasteiger partial charge is 0.383 e. The lowest BCUT2D eigenvalue weighted by molar-refractivity contribution is 0.0673. The van der Waals surface area contributed by atoms with Crippen molar-refractivity contribution in [2.75, 3.05) is 46.4 Å². The Kier molecular flexibility index (Phi) is 5.57. The number of piperidine rings is 1. The summed E-state index contributed by atoms with van der Waals surface area (Å²) in [5, 5.41) is 0.538. The van der Waals surface area contributed by atoms with Gasteiger partial charge in [-0.25, -0.2) is 4.39 Å². The highest BCUT2D eigenvalue weighted by Crippen LogP contribution is 2.39. The fraction of sp³-hybridized carbons (Fsp3) is 0.667. The molecule has 0 saturated carbocycles. The summed E-state index contributed by atoms with van der Waals surface area (Å²) in [6, 6.07) is 4.94. The zero-order chi connectivity index (χ0) is 16.3. The number of rotatable bonds is 5. The smallest absolute Gasteiger partial charge is 0.129 e. The van der Waals surface area contributed by atoms with Crippen molar-refractivity contribution in [2.24, 2.45) is 5.41 Å². The van der Waals surface area contributed by atoms with Crippen molar-refractivity contribution < 1.29 is 9.13 Å². The minimum atomic E-state index is -0.191. The van der Waals surface area contributed by atoms with Gasteiger partial charge in [0.2, 0.25) is 0 Å². The van der Waals surface area contributed by atoms with Crippen molar-refractivity contribution in [1.82, 2.24) is 9.80 Å². The first-order valence-electron chi connectivity index (χ1n) is 8.48. The molecule has 2 saturated heterocycles. The van der Waals surface area contributed by atoms with E-state index in [1.165, 1.54) is 31.9 Å². The molecule has 128 valence electrons. The molecule has 1 aromatic carbocycles. The molecule has 1 spiro atoms. The second-order valence-corrected chi connectivity index (χ2v) is 7.44. The number of halogens is 2. The van der Waals surface area contributed by atoms with Gasteiger partial charge in [-0.15, -0.1) is 0 Å². The number of benzene rings is 1. The first-order valence-corrected chi connectivity index (χ1v) is 8.86. The monoisotopic (exact) mass is 340 g/mol. The predicted molar refractivity (Wildman–Crippen MR) is 91.3 cm³/mol. The molecule has 0 amide bonds. The van der Waals surface area contributed by atoms with Gasteiger partial charge in [0.25, 0.3) is 0 Å². The van der Waals surface area contributed by atoms with Crippen molar-refractivity contribution >= 4 is 11.6 Å². The van der Waals surface area contributed by atoms with Crippen molar-refractivity contribution in [3.63, 3.8) is 0 Å². The quantitative estimate of drug-likeness (QED) is 0.817. The van der Waals surface area contributed by atoms with E-state index < -0.39 is 0 Å². The molecule has 0 N–H and O–H groups in total. The first-order chi connectivity index (χ1) is 11.1. The van der Waals surface area contributed by atoms with E-state index in [1.807, 2.05) is 0 Å². The van der Waals surface area contributed by atoms with E-state index in [2.05, 4.69) is 9.80 Å². The second-order valence-electron chi connectivity index (χ2n) is 7.03. The maximum atomic E-state index is 14.0. The van der Waals surface area contributed by atoms with Crippen LogP contribution in [0.1, 0.15) is 24.8 Å². The minimum Gasteiger partial charge on any atom is -0.383 e. The summed E-state index contributed by atoms with van der Waals surface area (Å²) in [5.74, 6) is -0.191.